The molecule has 0 spiro atoms. The molecule has 0 saturated carbocycles. The minimum atomic E-state index is -1.49. The minimum absolute atomic E-state index is 0.194. The summed E-state index contributed by atoms with van der Waals surface area (Å²) in [5.41, 5.74) is -1.86. The quantitative estimate of drug-likeness (QED) is 0.182. The predicted molar refractivity (Wildman–Crippen MR) is 116 cm³/mol. The fraction of sp³-hybridized carbons (Fsp3) is 0.526. The molecular weight excluding hydrogens is 488 g/mol. The summed E-state index contributed by atoms with van der Waals surface area (Å²) in [6.45, 7) is -1.15. The van der Waals surface area contributed by atoms with Gasteiger partial charge in [0.25, 0.3) is 0 Å². The van der Waals surface area contributed by atoms with Gasteiger partial charge in [0, 0.05) is 12.4 Å². The maximum absolute atomic E-state index is 12.3. The lowest BCUT2D eigenvalue weighted by Gasteiger charge is -2.17. The van der Waals surface area contributed by atoms with Crippen molar-refractivity contribution in [3.63, 3.8) is 0 Å². The van der Waals surface area contributed by atoms with Crippen LogP contribution in [-0.4, -0.2) is 106 Å². The molecule has 196 valence electrons. The van der Waals surface area contributed by atoms with Crippen LogP contribution in [0, 0.1) is 0 Å². The Morgan fingerprint density at radius 2 is 1.17 bits per heavy atom. The van der Waals surface area contributed by atoms with Crippen LogP contribution < -0.4 is 22.0 Å². The number of aliphatic hydroxyl groups excluding tert-OH is 6. The molecule has 4 rings (SSSR count). The maximum atomic E-state index is 12.3. The molecule has 2 saturated heterocycles. The van der Waals surface area contributed by atoms with Gasteiger partial charge in [-0.25, -0.2) is 14.4 Å². The molecular formula is C19H24N6O11. The largest absolute Gasteiger partial charge is 0.394 e. The second kappa shape index (κ2) is 10.4. The van der Waals surface area contributed by atoms with Gasteiger partial charge in [-0.05, 0) is 12.1 Å². The van der Waals surface area contributed by atoms with Gasteiger partial charge in [-0.3, -0.25) is 19.8 Å². The first-order chi connectivity index (χ1) is 17.1. The number of nitrogens with one attached hydrogen (secondary N) is 2. The molecule has 2 fully saturated rings. The Morgan fingerprint density at radius 1 is 0.778 bits per heavy atom. The van der Waals surface area contributed by atoms with Crippen molar-refractivity contribution >= 4 is 17.7 Å². The van der Waals surface area contributed by atoms with Crippen LogP contribution in [0.5, 0.6) is 0 Å². The Balaban J connectivity index is 1.41. The number of hydrogen-bond donors (Lipinski definition) is 8. The highest BCUT2D eigenvalue weighted by molar-refractivity contribution is 5.98. The fourth-order valence-corrected chi connectivity index (χ4v) is 3.84. The second-order valence-corrected chi connectivity index (χ2v) is 8.04. The van der Waals surface area contributed by atoms with Crippen molar-refractivity contribution in [2.75, 3.05) is 23.8 Å². The zero-order valence-corrected chi connectivity index (χ0v) is 18.4. The molecule has 2 aliphatic heterocycles. The van der Waals surface area contributed by atoms with Crippen LogP contribution in [0.2, 0.25) is 0 Å². The molecule has 2 aromatic heterocycles. The first-order valence-corrected chi connectivity index (χ1v) is 10.7. The Morgan fingerprint density at radius 3 is 1.47 bits per heavy atom. The molecule has 2 amide bonds. The van der Waals surface area contributed by atoms with Gasteiger partial charge in [0.15, 0.2) is 12.5 Å². The lowest BCUT2D eigenvalue weighted by Crippen LogP contribution is -2.36. The van der Waals surface area contributed by atoms with Crippen LogP contribution in [0.4, 0.5) is 16.4 Å². The minimum Gasteiger partial charge on any atom is -0.394 e. The Bertz CT molecular complexity index is 1130. The number of carbonyl (C=O) groups is 1. The first-order valence-electron chi connectivity index (χ1n) is 10.7. The normalized spacial score (nSPS) is 31.9. The molecule has 0 aromatic carbocycles. The zero-order chi connectivity index (χ0) is 26.1. The molecule has 0 bridgehead atoms. The number of aliphatic hydroxyl groups is 6. The topological polar surface area (TPSA) is 251 Å². The molecule has 0 radical (unpaired) electrons. The van der Waals surface area contributed by atoms with Crippen LogP contribution >= 0.6 is 0 Å². The van der Waals surface area contributed by atoms with E-state index >= 15 is 0 Å². The molecule has 8 N–H and O–H groups in total. The lowest BCUT2D eigenvalue weighted by molar-refractivity contribution is -0.0549. The third kappa shape index (κ3) is 4.86. The summed E-state index contributed by atoms with van der Waals surface area (Å²) >= 11 is 0. The molecule has 17 nitrogen and oxygen atoms in total. The monoisotopic (exact) mass is 512 g/mol. The highest BCUT2D eigenvalue weighted by Gasteiger charge is 2.44. The van der Waals surface area contributed by atoms with Crippen molar-refractivity contribution < 1.29 is 44.9 Å². The van der Waals surface area contributed by atoms with E-state index in [1.165, 1.54) is 12.1 Å². The Kier molecular flexibility index (Phi) is 7.43. The average molecular weight is 512 g/mol. The molecule has 0 unspecified atom stereocenters. The van der Waals surface area contributed by atoms with Crippen LogP contribution in [-0.2, 0) is 9.47 Å². The summed E-state index contributed by atoms with van der Waals surface area (Å²) in [6.07, 6.45) is -8.28. The van der Waals surface area contributed by atoms with Gasteiger partial charge in [0.05, 0.1) is 13.2 Å². The summed E-state index contributed by atoms with van der Waals surface area (Å²) in [4.78, 5) is 44.2. The Labute approximate surface area is 200 Å². The number of rotatable bonds is 6. The number of urea groups is 1. The van der Waals surface area contributed by atoms with Gasteiger partial charge in [0.2, 0.25) is 0 Å². The highest BCUT2D eigenvalue weighted by Crippen LogP contribution is 2.29. The van der Waals surface area contributed by atoms with E-state index in [1.54, 1.807) is 0 Å². The molecule has 8 atom stereocenters. The molecule has 0 aliphatic carbocycles. The van der Waals surface area contributed by atoms with Gasteiger partial charge in [0.1, 0.15) is 48.3 Å². The van der Waals surface area contributed by atoms with Crippen LogP contribution in [0.3, 0.4) is 0 Å². The van der Waals surface area contributed by atoms with E-state index < -0.39 is 79.7 Å². The number of aromatic nitrogens is 4. The smallest absolute Gasteiger partial charge is 0.351 e. The number of hydrogen-bond acceptors (Lipinski definition) is 13. The van der Waals surface area contributed by atoms with Gasteiger partial charge < -0.3 is 40.1 Å². The molecule has 17 heteroatoms. The number of anilines is 2. The van der Waals surface area contributed by atoms with Crippen molar-refractivity contribution in [1.82, 2.24) is 19.1 Å². The third-order valence-corrected chi connectivity index (χ3v) is 5.73. The van der Waals surface area contributed by atoms with E-state index in [-0.39, 0.29) is 11.6 Å². The number of nitrogens with zero attached hydrogens (tertiary/aromatic N) is 4. The summed E-state index contributed by atoms with van der Waals surface area (Å²) < 4.78 is 12.3. The summed E-state index contributed by atoms with van der Waals surface area (Å²) in [7, 11) is 0. The fourth-order valence-electron chi connectivity index (χ4n) is 3.84. The van der Waals surface area contributed by atoms with Gasteiger partial charge in [-0.2, -0.15) is 9.97 Å². The highest BCUT2D eigenvalue weighted by atomic mass is 16.6. The van der Waals surface area contributed by atoms with E-state index in [2.05, 4.69) is 20.6 Å². The van der Waals surface area contributed by atoms with Crippen molar-refractivity contribution in [2.24, 2.45) is 0 Å². The van der Waals surface area contributed by atoms with Gasteiger partial charge in [-0.15, -0.1) is 0 Å². The van der Waals surface area contributed by atoms with Crippen LogP contribution in [0.15, 0.2) is 34.1 Å². The van der Waals surface area contributed by atoms with Gasteiger partial charge >= 0.3 is 17.4 Å². The average Bonchev–Trinajstić information content (AvgIpc) is 3.29. The van der Waals surface area contributed by atoms with Crippen LogP contribution in [0.25, 0.3) is 0 Å². The van der Waals surface area contributed by atoms with Crippen molar-refractivity contribution in [3.05, 3.63) is 45.5 Å². The number of amides is 2. The van der Waals surface area contributed by atoms with Crippen molar-refractivity contribution in [2.45, 2.75) is 49.1 Å². The molecule has 36 heavy (non-hydrogen) atoms. The third-order valence-electron chi connectivity index (χ3n) is 5.73. The summed E-state index contributed by atoms with van der Waals surface area (Å²) in [6, 6.07) is 1.51. The lowest BCUT2D eigenvalue weighted by atomic mass is 10.1. The number of carbonyl (C=O) groups excluding carboxylic acids is 1. The summed E-state index contributed by atoms with van der Waals surface area (Å²) in [5, 5.41) is 62.6. The molecule has 2 aliphatic rings. The summed E-state index contributed by atoms with van der Waals surface area (Å²) in [5.74, 6) is -0.388. The molecule has 4 heterocycles. The van der Waals surface area contributed by atoms with E-state index in [4.69, 9.17) is 19.7 Å². The Hall–Kier alpha value is -3.29. The van der Waals surface area contributed by atoms with E-state index in [0.717, 1.165) is 21.5 Å². The predicted octanol–water partition coefficient (Wildman–Crippen LogP) is -4.33. The molecule has 2 aromatic rings. The standard InChI is InChI=1S/C19H24N6O11/c26-5-7-11(28)13(30)15(35-7)24-3-1-9(22-18(24)33)20-17(32)21-10-2-4-25(19(34)23-10)16-14(31)12(29)8(6-27)36-16/h1-4,7-8,11-16,26-31H,5-6H2,(H2,20,21,22,23,32,33,34)/t7-,8-,11+,12+,13-,14+,15+,16-/m0/s1. The zero-order valence-electron chi connectivity index (χ0n) is 18.4. The van der Waals surface area contributed by atoms with Crippen molar-refractivity contribution in [1.29, 1.82) is 0 Å². The van der Waals surface area contributed by atoms with E-state index in [9.17, 15) is 34.8 Å². The maximum Gasteiger partial charge on any atom is 0.351 e. The van der Waals surface area contributed by atoms with E-state index in [0.29, 0.717) is 0 Å². The first kappa shape index (κ1) is 25.8. The number of ether oxygens (including phenoxy) is 2. The van der Waals surface area contributed by atoms with Crippen LogP contribution in [0.1, 0.15) is 12.5 Å². The van der Waals surface area contributed by atoms with Crippen molar-refractivity contribution in [3.8, 4) is 0 Å². The second-order valence-electron chi connectivity index (χ2n) is 8.04. The van der Waals surface area contributed by atoms with E-state index in [1.807, 2.05) is 0 Å². The van der Waals surface area contributed by atoms with Gasteiger partial charge in [-0.1, -0.05) is 0 Å². The SMILES string of the molecule is O=C(Nc1ccn([C@@H]2O[C@@H](CO)[C@@H](O)[C@@H]2O)c(=O)n1)Nc1ccn([C@H]2O[C@@H](CO)[C@@H](O)[C@H]2O)c(=O)n1.